The van der Waals surface area contributed by atoms with Crippen LogP contribution in [0.25, 0.3) is 5.69 Å². The number of carbonyl (C=O) groups is 1. The Morgan fingerprint density at radius 1 is 1.16 bits per heavy atom. The second kappa shape index (κ2) is 6.64. The number of hydrogen-bond acceptors (Lipinski definition) is 3. The van der Waals surface area contributed by atoms with Crippen LogP contribution in [0.1, 0.15) is 27.3 Å². The molecular weight excluding hydrogens is 343 g/mol. The summed E-state index contributed by atoms with van der Waals surface area (Å²) in [5.74, 6) is -0.979. The fourth-order valence-corrected chi connectivity index (χ4v) is 2.76. The van der Waals surface area contributed by atoms with Gasteiger partial charge in [-0.1, -0.05) is 34.5 Å². The zero-order valence-corrected chi connectivity index (χ0v) is 14.7. The van der Waals surface area contributed by atoms with Crippen LogP contribution in [0.3, 0.4) is 0 Å². The number of rotatable bonds is 3. The van der Waals surface area contributed by atoms with E-state index in [1.54, 1.807) is 11.6 Å². The number of aryl methyl sites for hydroxylation is 2. The Bertz CT molecular complexity index is 968. The number of anilines is 1. The first-order valence-corrected chi connectivity index (χ1v) is 8.01. The first-order chi connectivity index (χ1) is 11.9. The summed E-state index contributed by atoms with van der Waals surface area (Å²) in [7, 11) is 0. The number of carbonyl (C=O) groups excluding carboxylic acids is 1. The highest BCUT2D eigenvalue weighted by atomic mass is 35.5. The molecule has 0 spiro atoms. The van der Waals surface area contributed by atoms with Crippen LogP contribution in [0.5, 0.6) is 0 Å². The molecule has 0 aliphatic carbocycles. The SMILES string of the molecule is Cc1ccc(-n2nnc(C(=O)Nc3ccc(F)c(Cl)c3)c2C)c(C)c1. The van der Waals surface area contributed by atoms with E-state index in [9.17, 15) is 9.18 Å². The maximum Gasteiger partial charge on any atom is 0.278 e. The van der Waals surface area contributed by atoms with Gasteiger partial charge in [-0.3, -0.25) is 4.79 Å². The van der Waals surface area contributed by atoms with Gasteiger partial charge in [0.25, 0.3) is 5.91 Å². The van der Waals surface area contributed by atoms with Crippen LogP contribution in [-0.2, 0) is 0 Å². The minimum atomic E-state index is -0.545. The van der Waals surface area contributed by atoms with Gasteiger partial charge in [-0.15, -0.1) is 5.10 Å². The summed E-state index contributed by atoms with van der Waals surface area (Å²) < 4.78 is 14.8. The summed E-state index contributed by atoms with van der Waals surface area (Å²) in [6.07, 6.45) is 0. The third-order valence-corrected chi connectivity index (χ3v) is 4.16. The molecule has 1 amide bonds. The van der Waals surface area contributed by atoms with E-state index in [2.05, 4.69) is 15.6 Å². The van der Waals surface area contributed by atoms with Crippen molar-refractivity contribution in [3.8, 4) is 5.69 Å². The van der Waals surface area contributed by atoms with Crippen molar-refractivity contribution in [2.45, 2.75) is 20.8 Å². The quantitative estimate of drug-likeness (QED) is 0.761. The normalized spacial score (nSPS) is 10.8. The standard InChI is InChI=1S/C18H16ClFN4O/c1-10-4-7-16(11(2)8-10)24-12(3)17(22-23-24)18(25)21-13-5-6-15(20)14(19)9-13/h4-9H,1-3H3,(H,21,25). The molecule has 3 rings (SSSR count). The second-order valence-electron chi connectivity index (χ2n) is 5.81. The zero-order chi connectivity index (χ0) is 18.1. The van der Waals surface area contributed by atoms with E-state index in [1.165, 1.54) is 18.2 Å². The molecule has 0 atom stereocenters. The van der Waals surface area contributed by atoms with E-state index in [0.717, 1.165) is 16.8 Å². The Hall–Kier alpha value is -2.73. The maximum atomic E-state index is 13.2. The van der Waals surface area contributed by atoms with Gasteiger partial charge in [0.05, 0.1) is 16.4 Å². The van der Waals surface area contributed by atoms with Crippen molar-refractivity contribution < 1.29 is 9.18 Å². The first kappa shape index (κ1) is 17.1. The number of nitrogens with zero attached hydrogens (tertiary/aromatic N) is 3. The van der Waals surface area contributed by atoms with Gasteiger partial charge in [0.15, 0.2) is 5.69 Å². The molecule has 0 aliphatic rings. The van der Waals surface area contributed by atoms with Crippen molar-refractivity contribution in [3.05, 3.63) is 69.8 Å². The molecule has 1 aromatic heterocycles. The summed E-state index contributed by atoms with van der Waals surface area (Å²) in [4.78, 5) is 12.5. The van der Waals surface area contributed by atoms with E-state index in [1.807, 2.05) is 32.0 Å². The van der Waals surface area contributed by atoms with Crippen LogP contribution < -0.4 is 5.32 Å². The predicted octanol–water partition coefficient (Wildman–Crippen LogP) is 4.24. The largest absolute Gasteiger partial charge is 0.320 e. The number of amides is 1. The maximum absolute atomic E-state index is 13.2. The first-order valence-electron chi connectivity index (χ1n) is 7.63. The number of hydrogen-bond donors (Lipinski definition) is 1. The Balaban J connectivity index is 1.89. The molecule has 7 heteroatoms. The van der Waals surface area contributed by atoms with Crippen LogP contribution >= 0.6 is 11.6 Å². The Labute approximate surface area is 149 Å². The lowest BCUT2D eigenvalue weighted by atomic mass is 10.1. The molecule has 128 valence electrons. The fraction of sp³-hybridized carbons (Fsp3) is 0.167. The Kier molecular flexibility index (Phi) is 4.55. The van der Waals surface area contributed by atoms with Crippen molar-refractivity contribution in [2.24, 2.45) is 0 Å². The summed E-state index contributed by atoms with van der Waals surface area (Å²) in [5.41, 5.74) is 4.23. The van der Waals surface area contributed by atoms with E-state index >= 15 is 0 Å². The second-order valence-corrected chi connectivity index (χ2v) is 6.22. The monoisotopic (exact) mass is 358 g/mol. The summed E-state index contributed by atoms with van der Waals surface area (Å²) >= 11 is 5.73. The van der Waals surface area contributed by atoms with Crippen LogP contribution in [-0.4, -0.2) is 20.9 Å². The lowest BCUT2D eigenvalue weighted by Gasteiger charge is -2.08. The van der Waals surface area contributed by atoms with Gasteiger partial charge in [-0.05, 0) is 50.6 Å². The number of aromatic nitrogens is 3. The Morgan fingerprint density at radius 3 is 2.60 bits per heavy atom. The minimum absolute atomic E-state index is 0.0616. The van der Waals surface area contributed by atoms with Crippen molar-refractivity contribution in [2.75, 3.05) is 5.32 Å². The minimum Gasteiger partial charge on any atom is -0.320 e. The molecule has 5 nitrogen and oxygen atoms in total. The third-order valence-electron chi connectivity index (χ3n) is 3.87. The number of nitrogens with one attached hydrogen (secondary N) is 1. The highest BCUT2D eigenvalue weighted by Gasteiger charge is 2.18. The zero-order valence-electron chi connectivity index (χ0n) is 14.0. The van der Waals surface area contributed by atoms with E-state index in [4.69, 9.17) is 11.6 Å². The van der Waals surface area contributed by atoms with Gasteiger partial charge in [0.1, 0.15) is 5.82 Å². The van der Waals surface area contributed by atoms with Crippen molar-refractivity contribution in [1.29, 1.82) is 0 Å². The van der Waals surface area contributed by atoms with E-state index in [0.29, 0.717) is 11.4 Å². The van der Waals surface area contributed by atoms with Gasteiger partial charge in [-0.2, -0.15) is 0 Å². The lowest BCUT2D eigenvalue weighted by Crippen LogP contribution is -2.14. The molecule has 2 aromatic carbocycles. The third kappa shape index (κ3) is 3.39. The van der Waals surface area contributed by atoms with Gasteiger partial charge in [-0.25, -0.2) is 9.07 Å². The lowest BCUT2D eigenvalue weighted by molar-refractivity contribution is 0.102. The van der Waals surface area contributed by atoms with Crippen molar-refractivity contribution in [3.63, 3.8) is 0 Å². The number of halogens is 2. The van der Waals surface area contributed by atoms with Gasteiger partial charge in [0, 0.05) is 5.69 Å². The molecule has 1 N–H and O–H groups in total. The summed E-state index contributed by atoms with van der Waals surface area (Å²) in [5, 5.41) is 10.7. The highest BCUT2D eigenvalue weighted by molar-refractivity contribution is 6.31. The smallest absolute Gasteiger partial charge is 0.278 e. The molecule has 1 heterocycles. The van der Waals surface area contributed by atoms with Gasteiger partial charge < -0.3 is 5.32 Å². The van der Waals surface area contributed by atoms with Crippen LogP contribution in [0.15, 0.2) is 36.4 Å². The van der Waals surface area contributed by atoms with Gasteiger partial charge >= 0.3 is 0 Å². The summed E-state index contributed by atoms with van der Waals surface area (Å²) in [6, 6.07) is 9.92. The van der Waals surface area contributed by atoms with Crippen LogP contribution in [0.2, 0.25) is 5.02 Å². The fourth-order valence-electron chi connectivity index (χ4n) is 2.57. The number of benzene rings is 2. The molecule has 0 bridgehead atoms. The molecule has 0 unspecified atom stereocenters. The Morgan fingerprint density at radius 2 is 1.92 bits per heavy atom. The predicted molar refractivity (Wildman–Crippen MR) is 94.9 cm³/mol. The van der Waals surface area contributed by atoms with E-state index in [-0.39, 0.29) is 10.7 Å². The topological polar surface area (TPSA) is 59.8 Å². The molecule has 0 saturated heterocycles. The molecule has 25 heavy (non-hydrogen) atoms. The van der Waals surface area contributed by atoms with Crippen molar-refractivity contribution >= 4 is 23.2 Å². The molecular formula is C18H16ClFN4O. The molecule has 0 radical (unpaired) electrons. The van der Waals surface area contributed by atoms with Gasteiger partial charge in [0.2, 0.25) is 0 Å². The van der Waals surface area contributed by atoms with Crippen LogP contribution in [0.4, 0.5) is 10.1 Å². The van der Waals surface area contributed by atoms with Crippen molar-refractivity contribution in [1.82, 2.24) is 15.0 Å². The molecule has 0 fully saturated rings. The molecule has 0 aliphatic heterocycles. The average Bonchev–Trinajstić information content (AvgIpc) is 2.93. The van der Waals surface area contributed by atoms with Crippen LogP contribution in [0, 0.1) is 26.6 Å². The summed E-state index contributed by atoms with van der Waals surface area (Å²) in [6.45, 7) is 5.76. The van der Waals surface area contributed by atoms with E-state index < -0.39 is 11.7 Å². The highest BCUT2D eigenvalue weighted by Crippen LogP contribution is 2.21. The average molecular weight is 359 g/mol. The molecule has 3 aromatic rings. The molecule has 0 saturated carbocycles.